The second-order valence-electron chi connectivity index (χ2n) is 6.23. The first-order valence-corrected chi connectivity index (χ1v) is 8.73. The summed E-state index contributed by atoms with van der Waals surface area (Å²) in [4.78, 5) is 30.0. The average Bonchev–Trinajstić information content (AvgIpc) is 3.20. The molecule has 0 amide bonds. The van der Waals surface area contributed by atoms with Crippen LogP contribution in [0.3, 0.4) is 0 Å². The van der Waals surface area contributed by atoms with Crippen molar-refractivity contribution in [2.75, 3.05) is 17.4 Å². The number of nitro groups is 1. The molecule has 152 valence electrons. The number of carbonyl (C=O) groups is 1. The lowest BCUT2D eigenvalue weighted by Gasteiger charge is -2.10. The summed E-state index contributed by atoms with van der Waals surface area (Å²) in [5.41, 5.74) is 1.04. The molecule has 0 saturated heterocycles. The molecule has 0 atom stereocenters. The van der Waals surface area contributed by atoms with E-state index in [2.05, 4.69) is 20.6 Å². The lowest BCUT2D eigenvalue weighted by Crippen LogP contribution is -2.08. The number of nitrogens with zero attached hydrogens (tertiary/aromatic N) is 3. The van der Waals surface area contributed by atoms with E-state index in [1.165, 1.54) is 30.6 Å². The lowest BCUT2D eigenvalue weighted by molar-refractivity contribution is -0.383. The quantitative estimate of drug-likeness (QED) is 0.392. The second kappa shape index (κ2) is 7.91. The molecular weight excluding hydrogens is 394 g/mol. The zero-order chi connectivity index (χ0) is 21.1. The van der Waals surface area contributed by atoms with Gasteiger partial charge in [-0.25, -0.2) is 14.8 Å². The smallest absolute Gasteiger partial charge is 0.353 e. The second-order valence-corrected chi connectivity index (χ2v) is 6.23. The van der Waals surface area contributed by atoms with Gasteiger partial charge in [0.05, 0.1) is 10.5 Å². The molecule has 0 radical (unpaired) electrons. The third-order valence-corrected chi connectivity index (χ3v) is 4.30. The number of aromatic carboxylic acids is 1. The van der Waals surface area contributed by atoms with Crippen molar-refractivity contribution in [2.24, 2.45) is 0 Å². The standard InChI is InChI=1S/C19H15N5O6/c25-19(26)12-2-4-13(5-3-12)23-18-16(24(27)28)17(21-9-22-18)20-8-11-1-6-14-15(7-11)30-10-29-14/h1-7,9H,8,10H2,(H,25,26)(H2,20,21,22,23). The molecule has 1 aliphatic rings. The maximum atomic E-state index is 11.7. The first-order chi connectivity index (χ1) is 14.5. The third-order valence-electron chi connectivity index (χ3n) is 4.30. The molecule has 0 fully saturated rings. The molecule has 0 aliphatic carbocycles. The van der Waals surface area contributed by atoms with Gasteiger partial charge in [-0.1, -0.05) is 6.07 Å². The van der Waals surface area contributed by atoms with E-state index in [1.54, 1.807) is 12.1 Å². The van der Waals surface area contributed by atoms with Crippen molar-refractivity contribution in [3.05, 3.63) is 70.0 Å². The Morgan fingerprint density at radius 3 is 2.57 bits per heavy atom. The molecule has 1 aliphatic heterocycles. The number of fused-ring (bicyclic) bond motifs is 1. The van der Waals surface area contributed by atoms with E-state index in [1.807, 2.05) is 6.07 Å². The maximum absolute atomic E-state index is 11.7. The molecule has 3 N–H and O–H groups in total. The molecule has 0 spiro atoms. The molecule has 11 heteroatoms. The van der Waals surface area contributed by atoms with Gasteiger partial charge in [0.1, 0.15) is 6.33 Å². The van der Waals surface area contributed by atoms with E-state index in [-0.39, 0.29) is 36.2 Å². The molecule has 4 rings (SSSR count). The Balaban J connectivity index is 1.55. The molecule has 11 nitrogen and oxygen atoms in total. The van der Waals surface area contributed by atoms with Gasteiger partial charge in [-0.15, -0.1) is 0 Å². The normalized spacial score (nSPS) is 11.7. The Hall–Kier alpha value is -4.41. The van der Waals surface area contributed by atoms with Crippen LogP contribution in [0.5, 0.6) is 11.5 Å². The number of benzene rings is 2. The first kappa shape index (κ1) is 18.9. The highest BCUT2D eigenvalue weighted by Gasteiger charge is 2.23. The Kier molecular flexibility index (Phi) is 4.99. The fraction of sp³-hybridized carbons (Fsp3) is 0.105. The molecule has 30 heavy (non-hydrogen) atoms. The summed E-state index contributed by atoms with van der Waals surface area (Å²) < 4.78 is 10.6. The summed E-state index contributed by atoms with van der Waals surface area (Å²) in [5.74, 6) is 0.207. The van der Waals surface area contributed by atoms with Gasteiger partial charge < -0.3 is 25.2 Å². The fourth-order valence-electron chi connectivity index (χ4n) is 2.84. The van der Waals surface area contributed by atoms with Crippen molar-refractivity contribution in [2.45, 2.75) is 6.54 Å². The van der Waals surface area contributed by atoms with Gasteiger partial charge in [0.2, 0.25) is 18.4 Å². The van der Waals surface area contributed by atoms with Crippen molar-refractivity contribution in [3.63, 3.8) is 0 Å². The van der Waals surface area contributed by atoms with Crippen LogP contribution in [-0.2, 0) is 6.54 Å². The van der Waals surface area contributed by atoms with Crippen molar-refractivity contribution >= 4 is 29.0 Å². The van der Waals surface area contributed by atoms with Gasteiger partial charge in [-0.05, 0) is 42.0 Å². The number of aromatic nitrogens is 2. The molecule has 0 bridgehead atoms. The summed E-state index contributed by atoms with van der Waals surface area (Å²) in [6.45, 7) is 0.424. The zero-order valence-corrected chi connectivity index (χ0v) is 15.4. The van der Waals surface area contributed by atoms with Gasteiger partial charge in [0.15, 0.2) is 11.5 Å². The van der Waals surface area contributed by atoms with Gasteiger partial charge >= 0.3 is 11.7 Å². The monoisotopic (exact) mass is 409 g/mol. The topological polar surface area (TPSA) is 149 Å². The van der Waals surface area contributed by atoms with Crippen LogP contribution < -0.4 is 20.1 Å². The van der Waals surface area contributed by atoms with E-state index in [9.17, 15) is 14.9 Å². The van der Waals surface area contributed by atoms with E-state index in [0.717, 1.165) is 5.56 Å². The number of carboxylic acid groups (broad SMARTS) is 1. The largest absolute Gasteiger partial charge is 0.478 e. The number of hydrogen-bond acceptors (Lipinski definition) is 9. The minimum atomic E-state index is -1.07. The predicted octanol–water partition coefficient (Wildman–Crippen LogP) is 3.17. The van der Waals surface area contributed by atoms with Crippen molar-refractivity contribution in [1.29, 1.82) is 0 Å². The molecule has 2 aromatic carbocycles. The molecule has 3 aromatic rings. The fourth-order valence-corrected chi connectivity index (χ4v) is 2.84. The summed E-state index contributed by atoms with van der Waals surface area (Å²) in [6, 6.07) is 11.1. The van der Waals surface area contributed by atoms with E-state index in [0.29, 0.717) is 17.2 Å². The SMILES string of the molecule is O=C(O)c1ccc(Nc2ncnc(NCc3ccc4c(c3)OCO4)c2[N+](=O)[O-])cc1. The lowest BCUT2D eigenvalue weighted by atomic mass is 10.2. The summed E-state index contributed by atoms with van der Waals surface area (Å²) in [7, 11) is 0. The summed E-state index contributed by atoms with van der Waals surface area (Å²) in [5, 5.41) is 26.4. The van der Waals surface area contributed by atoms with Gasteiger partial charge in [0.25, 0.3) is 0 Å². The maximum Gasteiger partial charge on any atom is 0.353 e. The Labute approximate surface area is 169 Å². The van der Waals surface area contributed by atoms with Crippen molar-refractivity contribution in [1.82, 2.24) is 9.97 Å². The van der Waals surface area contributed by atoms with Crippen LogP contribution in [-0.4, -0.2) is 32.8 Å². The minimum absolute atomic E-state index is 0.0220. The number of nitrogens with one attached hydrogen (secondary N) is 2. The van der Waals surface area contributed by atoms with Crippen molar-refractivity contribution < 1.29 is 24.3 Å². The van der Waals surface area contributed by atoms with Gasteiger partial charge in [-0.3, -0.25) is 10.1 Å². The van der Waals surface area contributed by atoms with E-state index >= 15 is 0 Å². The number of hydrogen-bond donors (Lipinski definition) is 3. The predicted molar refractivity (Wildman–Crippen MR) is 105 cm³/mol. The van der Waals surface area contributed by atoms with E-state index < -0.39 is 10.9 Å². The van der Waals surface area contributed by atoms with E-state index in [4.69, 9.17) is 14.6 Å². The Morgan fingerprint density at radius 1 is 1.10 bits per heavy atom. The van der Waals surface area contributed by atoms with Gasteiger partial charge in [0, 0.05) is 12.2 Å². The van der Waals surface area contributed by atoms with Crippen LogP contribution in [0.1, 0.15) is 15.9 Å². The first-order valence-electron chi connectivity index (χ1n) is 8.73. The number of ether oxygens (including phenoxy) is 2. The van der Waals surface area contributed by atoms with Crippen molar-refractivity contribution in [3.8, 4) is 11.5 Å². The van der Waals surface area contributed by atoms with Gasteiger partial charge in [-0.2, -0.15) is 0 Å². The highest BCUT2D eigenvalue weighted by Crippen LogP contribution is 2.34. The van der Waals surface area contributed by atoms with Crippen LogP contribution in [0.25, 0.3) is 0 Å². The number of anilines is 3. The average molecular weight is 409 g/mol. The molecule has 0 saturated carbocycles. The number of rotatable bonds is 7. The molecule has 1 aromatic heterocycles. The summed E-state index contributed by atoms with van der Waals surface area (Å²) in [6.07, 6.45) is 1.20. The van der Waals surface area contributed by atoms with Crippen LogP contribution in [0.15, 0.2) is 48.8 Å². The van der Waals surface area contributed by atoms with Crippen LogP contribution in [0.2, 0.25) is 0 Å². The molecule has 2 heterocycles. The van der Waals surface area contributed by atoms with Crippen LogP contribution in [0.4, 0.5) is 23.0 Å². The highest BCUT2D eigenvalue weighted by atomic mass is 16.7. The van der Waals surface area contributed by atoms with Crippen LogP contribution >= 0.6 is 0 Å². The molecular formula is C19H15N5O6. The Bertz CT molecular complexity index is 1120. The minimum Gasteiger partial charge on any atom is -0.478 e. The highest BCUT2D eigenvalue weighted by molar-refractivity contribution is 5.88. The van der Waals surface area contributed by atoms with Crippen LogP contribution in [0, 0.1) is 10.1 Å². The summed E-state index contributed by atoms with van der Waals surface area (Å²) >= 11 is 0. The zero-order valence-electron chi connectivity index (χ0n) is 15.4. The molecule has 0 unspecified atom stereocenters. The Morgan fingerprint density at radius 2 is 1.83 bits per heavy atom. The number of carboxylic acids is 1. The third kappa shape index (κ3) is 3.90.